The molecule has 0 unspecified atom stereocenters. The van der Waals surface area contributed by atoms with Crippen LogP contribution in [0.25, 0.3) is 0 Å². The first kappa shape index (κ1) is 34.9. The molecule has 3 fully saturated rings. The van der Waals surface area contributed by atoms with Crippen molar-refractivity contribution in [2.75, 3.05) is 37.8 Å². The van der Waals surface area contributed by atoms with E-state index in [1.54, 1.807) is 11.9 Å². The van der Waals surface area contributed by atoms with Gasteiger partial charge in [0.15, 0.2) is 0 Å². The summed E-state index contributed by atoms with van der Waals surface area (Å²) in [4.78, 5) is 67.1. The Labute approximate surface area is 254 Å². The maximum Gasteiger partial charge on any atom is 0.230 e. The van der Waals surface area contributed by atoms with Crippen LogP contribution in [0, 0.1) is 10.8 Å². The van der Waals surface area contributed by atoms with Crippen LogP contribution in [0.4, 0.5) is 11.4 Å². The predicted molar refractivity (Wildman–Crippen MR) is 166 cm³/mol. The zero-order valence-corrected chi connectivity index (χ0v) is 25.5. The molecule has 2 N–H and O–H groups in total. The number of amides is 4. The van der Waals surface area contributed by atoms with E-state index < -0.39 is 0 Å². The number of likely N-dealkylation sites (N-methyl/N-ethyl adjacent to an activating group) is 1. The lowest BCUT2D eigenvalue weighted by Gasteiger charge is -2.49. The molecular formula is C33H44N4O6. The fraction of sp³-hybridized carbons (Fsp3) is 0.455. The first-order chi connectivity index (χ1) is 20.7. The summed E-state index contributed by atoms with van der Waals surface area (Å²) in [6.45, 7) is 4.49. The average molecular weight is 593 g/mol. The number of anilines is 2. The number of aldehydes is 1. The van der Waals surface area contributed by atoms with E-state index in [4.69, 9.17) is 4.79 Å². The number of rotatable bonds is 12. The molecule has 0 spiro atoms. The second kappa shape index (κ2) is 16.9. The minimum absolute atomic E-state index is 0.0973. The van der Waals surface area contributed by atoms with E-state index in [-0.39, 0.29) is 22.6 Å². The molecule has 232 valence electrons. The fourth-order valence-corrected chi connectivity index (χ4v) is 5.48. The number of nitrogens with one attached hydrogen (secondary N) is 2. The van der Waals surface area contributed by atoms with Gasteiger partial charge in [-0.2, -0.15) is 0 Å². The third kappa shape index (κ3) is 9.87. The van der Waals surface area contributed by atoms with Gasteiger partial charge in [0.1, 0.15) is 13.1 Å². The molecular weight excluding hydrogens is 548 g/mol. The standard InChI is InChI=1S/C20H26N2O3.C12H16N2O2.CH2O/c1-22(15-24)13-6-16-2-4-17(5-3-16)21-18(25)20-10-7-19(14-23,8-11-20)9-12-20;1-10(16)14(9-15)8-7-11-3-5-12(13-2)6-4-11;1-2/h2-5,14-15H,6-13H2,1H3,(H,21,25);3-6,9,13H,7-8H2,1-2H3;1H2. The molecule has 0 atom stereocenters. The zero-order valence-electron chi connectivity index (χ0n) is 25.5. The van der Waals surface area contributed by atoms with Crippen molar-refractivity contribution < 1.29 is 28.8 Å². The highest BCUT2D eigenvalue weighted by atomic mass is 16.2. The second-order valence-corrected chi connectivity index (χ2v) is 11.3. The average Bonchev–Trinajstić information content (AvgIpc) is 3.06. The number of carbonyl (C=O) groups is 6. The topological polar surface area (TPSA) is 133 Å². The SMILES string of the molecule is C=O.CN(C=O)CCc1ccc(NC(=O)C23CCC(C=O)(CC2)CC3)cc1.CNc1ccc(CCN(C=O)C(C)=O)cc1. The normalized spacial score (nSPS) is 19.7. The molecule has 2 aromatic carbocycles. The Balaban J connectivity index is 0.000000310. The summed E-state index contributed by atoms with van der Waals surface area (Å²) in [7, 11) is 3.62. The maximum absolute atomic E-state index is 12.8. The largest absolute Gasteiger partial charge is 0.388 e. The molecule has 2 bridgehead atoms. The van der Waals surface area contributed by atoms with E-state index in [0.29, 0.717) is 25.9 Å². The number of hydrogen-bond acceptors (Lipinski definition) is 7. The summed E-state index contributed by atoms with van der Waals surface area (Å²) in [5.74, 6) is -0.123. The lowest BCUT2D eigenvalue weighted by Crippen LogP contribution is -2.48. The van der Waals surface area contributed by atoms with Crippen molar-refractivity contribution in [3.63, 3.8) is 0 Å². The summed E-state index contributed by atoms with van der Waals surface area (Å²) in [6, 6.07) is 15.7. The van der Waals surface area contributed by atoms with Gasteiger partial charge in [-0.05, 0) is 86.8 Å². The fourth-order valence-electron chi connectivity index (χ4n) is 5.48. The van der Waals surface area contributed by atoms with Crippen LogP contribution in [0.1, 0.15) is 56.6 Å². The van der Waals surface area contributed by atoms with Gasteiger partial charge in [0.25, 0.3) is 0 Å². The molecule has 3 aliphatic carbocycles. The first-order valence-electron chi connectivity index (χ1n) is 14.5. The van der Waals surface area contributed by atoms with Gasteiger partial charge in [0.2, 0.25) is 24.6 Å². The van der Waals surface area contributed by atoms with Gasteiger partial charge in [0.05, 0.1) is 0 Å². The molecule has 43 heavy (non-hydrogen) atoms. The van der Waals surface area contributed by atoms with Gasteiger partial charge in [-0.25, -0.2) is 0 Å². The Morgan fingerprint density at radius 3 is 1.70 bits per heavy atom. The van der Waals surface area contributed by atoms with Gasteiger partial charge in [-0.15, -0.1) is 0 Å². The summed E-state index contributed by atoms with van der Waals surface area (Å²) in [5, 5.41) is 6.10. The van der Waals surface area contributed by atoms with Crippen molar-refractivity contribution in [3.8, 4) is 0 Å². The lowest BCUT2D eigenvalue weighted by molar-refractivity contribution is -0.139. The number of imide groups is 1. The molecule has 0 saturated heterocycles. The highest BCUT2D eigenvalue weighted by Gasteiger charge is 2.52. The molecule has 3 saturated carbocycles. The minimum Gasteiger partial charge on any atom is -0.388 e. The molecule has 10 nitrogen and oxygen atoms in total. The van der Waals surface area contributed by atoms with Crippen molar-refractivity contribution in [2.24, 2.45) is 10.8 Å². The number of fused-ring (bicyclic) bond motifs is 3. The molecule has 0 aliphatic heterocycles. The van der Waals surface area contributed by atoms with Crippen molar-refractivity contribution in [3.05, 3.63) is 59.7 Å². The Bertz CT molecular complexity index is 1190. The van der Waals surface area contributed by atoms with Crippen LogP contribution in [-0.4, -0.2) is 74.7 Å². The highest BCUT2D eigenvalue weighted by molar-refractivity contribution is 5.95. The molecule has 3 aliphatic rings. The minimum atomic E-state index is -0.296. The zero-order chi connectivity index (χ0) is 31.9. The summed E-state index contributed by atoms with van der Waals surface area (Å²) in [5.41, 5.74) is 3.64. The van der Waals surface area contributed by atoms with Crippen LogP contribution in [0.5, 0.6) is 0 Å². The monoisotopic (exact) mass is 592 g/mol. The molecule has 5 rings (SSSR count). The van der Waals surface area contributed by atoms with Crippen LogP contribution in [0.3, 0.4) is 0 Å². The molecule has 0 heterocycles. The highest BCUT2D eigenvalue weighted by Crippen LogP contribution is 2.56. The molecule has 0 radical (unpaired) electrons. The Kier molecular flexibility index (Phi) is 13.7. The van der Waals surface area contributed by atoms with Crippen LogP contribution >= 0.6 is 0 Å². The van der Waals surface area contributed by atoms with Crippen LogP contribution in [0.2, 0.25) is 0 Å². The number of nitrogens with zero attached hydrogens (tertiary/aromatic N) is 2. The quantitative estimate of drug-likeness (QED) is 0.357. The van der Waals surface area contributed by atoms with Crippen molar-refractivity contribution >= 4 is 49.1 Å². The van der Waals surface area contributed by atoms with Crippen molar-refractivity contribution in [1.29, 1.82) is 0 Å². The van der Waals surface area contributed by atoms with Gasteiger partial charge >= 0.3 is 0 Å². The number of carbonyl (C=O) groups excluding carboxylic acids is 6. The first-order valence-corrected chi connectivity index (χ1v) is 14.5. The Morgan fingerprint density at radius 2 is 1.28 bits per heavy atom. The van der Waals surface area contributed by atoms with Crippen LogP contribution in [-0.2, 0) is 41.6 Å². The Hall–Kier alpha value is -4.34. The van der Waals surface area contributed by atoms with Crippen LogP contribution < -0.4 is 10.6 Å². The third-order valence-electron chi connectivity index (χ3n) is 8.60. The smallest absolute Gasteiger partial charge is 0.230 e. The van der Waals surface area contributed by atoms with Gasteiger partial charge in [0, 0.05) is 56.3 Å². The van der Waals surface area contributed by atoms with E-state index in [9.17, 15) is 24.0 Å². The van der Waals surface area contributed by atoms with Crippen molar-refractivity contribution in [2.45, 2.75) is 58.3 Å². The van der Waals surface area contributed by atoms with Crippen LogP contribution in [0.15, 0.2) is 48.5 Å². The summed E-state index contributed by atoms with van der Waals surface area (Å²) in [6.07, 6.45) is 8.95. The predicted octanol–water partition coefficient (Wildman–Crippen LogP) is 3.89. The number of benzene rings is 2. The second-order valence-electron chi connectivity index (χ2n) is 11.3. The lowest BCUT2D eigenvalue weighted by atomic mass is 9.54. The number of hydrogen-bond donors (Lipinski definition) is 2. The Morgan fingerprint density at radius 1 is 0.791 bits per heavy atom. The molecule has 0 aromatic heterocycles. The maximum atomic E-state index is 12.8. The van der Waals surface area contributed by atoms with Gasteiger partial charge in [-0.1, -0.05) is 24.3 Å². The summed E-state index contributed by atoms with van der Waals surface area (Å²) >= 11 is 0. The molecule has 4 amide bonds. The summed E-state index contributed by atoms with van der Waals surface area (Å²) < 4.78 is 0. The van der Waals surface area contributed by atoms with E-state index in [1.807, 2.05) is 62.4 Å². The van der Waals surface area contributed by atoms with E-state index in [0.717, 1.165) is 80.1 Å². The van der Waals surface area contributed by atoms with E-state index in [1.165, 1.54) is 11.8 Å². The van der Waals surface area contributed by atoms with E-state index in [2.05, 4.69) is 10.6 Å². The van der Waals surface area contributed by atoms with E-state index >= 15 is 0 Å². The van der Waals surface area contributed by atoms with Gasteiger partial charge < -0.3 is 25.1 Å². The molecule has 2 aromatic rings. The van der Waals surface area contributed by atoms with Gasteiger partial charge in [-0.3, -0.25) is 24.1 Å². The van der Waals surface area contributed by atoms with Crippen molar-refractivity contribution in [1.82, 2.24) is 9.80 Å². The third-order valence-corrected chi connectivity index (χ3v) is 8.60. The molecule has 10 heteroatoms.